The summed E-state index contributed by atoms with van der Waals surface area (Å²) in [6, 6.07) is 2.60. The van der Waals surface area contributed by atoms with Crippen molar-refractivity contribution < 1.29 is 26.7 Å². The summed E-state index contributed by atoms with van der Waals surface area (Å²) in [4.78, 5) is 12.5. The average molecular weight is 346 g/mol. The summed E-state index contributed by atoms with van der Waals surface area (Å²) in [5, 5.41) is 0. The number of carbonyl (C=O) groups is 1. The van der Waals surface area contributed by atoms with Crippen LogP contribution in [0.15, 0.2) is 23.1 Å². The Labute approximate surface area is 132 Å². The monoisotopic (exact) mass is 346 g/mol. The maximum atomic E-state index is 13.8. The molecule has 1 atom stereocenters. The first-order chi connectivity index (χ1) is 10.9. The Morgan fingerprint density at radius 2 is 1.70 bits per heavy atom. The van der Waals surface area contributed by atoms with Gasteiger partial charge in [0.1, 0.15) is 17.7 Å². The molecule has 6 nitrogen and oxygen atoms in total. The Bertz CT molecular complexity index is 697. The zero-order valence-corrected chi connectivity index (χ0v) is 13.1. The number of nitrogens with zero attached hydrogens (tertiary/aromatic N) is 2. The molecule has 126 valence electrons. The number of rotatable bonds is 3. The highest BCUT2D eigenvalue weighted by Gasteiger charge is 2.38. The molecule has 2 aliphatic heterocycles. The van der Waals surface area contributed by atoms with Crippen molar-refractivity contribution in [2.75, 3.05) is 32.8 Å². The minimum atomic E-state index is -4.24. The number of benzene rings is 1. The van der Waals surface area contributed by atoms with Crippen LogP contribution in [0.25, 0.3) is 0 Å². The summed E-state index contributed by atoms with van der Waals surface area (Å²) in [6.45, 7) is 1.13. The van der Waals surface area contributed by atoms with E-state index in [9.17, 15) is 22.0 Å². The molecule has 1 aromatic carbocycles. The van der Waals surface area contributed by atoms with Gasteiger partial charge in [-0.2, -0.15) is 4.31 Å². The lowest BCUT2D eigenvalue weighted by Crippen LogP contribution is -2.53. The van der Waals surface area contributed by atoms with Crippen LogP contribution in [-0.2, 0) is 19.6 Å². The Kier molecular flexibility index (Phi) is 4.35. The first kappa shape index (κ1) is 16.3. The minimum absolute atomic E-state index is 0.0693. The van der Waals surface area contributed by atoms with E-state index in [2.05, 4.69) is 0 Å². The largest absolute Gasteiger partial charge is 0.464 e. The summed E-state index contributed by atoms with van der Waals surface area (Å²) < 4.78 is 58.4. The van der Waals surface area contributed by atoms with Gasteiger partial charge in [-0.1, -0.05) is 6.07 Å². The van der Waals surface area contributed by atoms with E-state index < -0.39 is 26.6 Å². The first-order valence-electron chi connectivity index (χ1n) is 7.26. The van der Waals surface area contributed by atoms with Crippen molar-refractivity contribution in [2.24, 2.45) is 0 Å². The van der Waals surface area contributed by atoms with E-state index in [1.54, 1.807) is 0 Å². The molecule has 0 aromatic heterocycles. The van der Waals surface area contributed by atoms with Crippen LogP contribution in [0, 0.1) is 11.6 Å². The molecule has 2 aliphatic rings. The maximum Gasteiger partial charge on any atom is 0.323 e. The lowest BCUT2D eigenvalue weighted by atomic mass is 10.2. The average Bonchev–Trinajstić information content (AvgIpc) is 2.93. The van der Waals surface area contributed by atoms with E-state index in [0.717, 1.165) is 22.5 Å². The summed E-state index contributed by atoms with van der Waals surface area (Å²) in [5.41, 5.74) is 0. The SMILES string of the molecule is O=C1OCC[C@H]1N1CCN(S(=O)(=O)c2c(F)cccc2F)CC1. The van der Waals surface area contributed by atoms with Gasteiger partial charge in [0.15, 0.2) is 4.90 Å². The second-order valence-electron chi connectivity index (χ2n) is 5.46. The second kappa shape index (κ2) is 6.14. The van der Waals surface area contributed by atoms with Crippen LogP contribution >= 0.6 is 0 Å². The zero-order chi connectivity index (χ0) is 16.6. The number of halogens is 2. The fourth-order valence-corrected chi connectivity index (χ4v) is 4.46. The van der Waals surface area contributed by atoms with Crippen molar-refractivity contribution in [2.45, 2.75) is 17.4 Å². The zero-order valence-electron chi connectivity index (χ0n) is 12.2. The highest BCUT2D eigenvalue weighted by atomic mass is 32.2. The molecule has 0 radical (unpaired) electrons. The van der Waals surface area contributed by atoms with Gasteiger partial charge >= 0.3 is 5.97 Å². The van der Waals surface area contributed by atoms with Crippen LogP contribution in [0.5, 0.6) is 0 Å². The Hall–Kier alpha value is -1.58. The molecular weight excluding hydrogens is 330 g/mol. The first-order valence-corrected chi connectivity index (χ1v) is 8.70. The second-order valence-corrected chi connectivity index (χ2v) is 7.34. The lowest BCUT2D eigenvalue weighted by molar-refractivity contribution is -0.142. The fraction of sp³-hybridized carbons (Fsp3) is 0.500. The number of hydrogen-bond donors (Lipinski definition) is 0. The molecule has 0 spiro atoms. The molecule has 3 rings (SSSR count). The van der Waals surface area contributed by atoms with E-state index in [0.29, 0.717) is 26.1 Å². The third-order valence-electron chi connectivity index (χ3n) is 4.14. The Morgan fingerprint density at radius 3 is 2.22 bits per heavy atom. The predicted octanol–water partition coefficient (Wildman–Crippen LogP) is 0.587. The van der Waals surface area contributed by atoms with Crippen molar-refractivity contribution in [1.82, 2.24) is 9.21 Å². The fourth-order valence-electron chi connectivity index (χ4n) is 2.93. The standard InChI is InChI=1S/C14H16F2N2O4S/c15-10-2-1-3-11(16)13(10)23(20,21)18-7-5-17(6-8-18)12-4-9-22-14(12)19/h1-3,12H,4-9H2/t12-/m1/s1. The minimum Gasteiger partial charge on any atom is -0.464 e. The van der Waals surface area contributed by atoms with Gasteiger partial charge in [-0.05, 0) is 12.1 Å². The Balaban J connectivity index is 1.75. The molecule has 23 heavy (non-hydrogen) atoms. The molecule has 0 bridgehead atoms. The highest BCUT2D eigenvalue weighted by molar-refractivity contribution is 7.89. The molecule has 2 heterocycles. The van der Waals surface area contributed by atoms with Gasteiger partial charge in [-0.25, -0.2) is 17.2 Å². The molecular formula is C14H16F2N2O4S. The molecule has 9 heteroatoms. The van der Waals surface area contributed by atoms with Crippen LogP contribution < -0.4 is 0 Å². The van der Waals surface area contributed by atoms with Gasteiger partial charge in [-0.15, -0.1) is 0 Å². The normalized spacial score (nSPS) is 23.9. The van der Waals surface area contributed by atoms with E-state index >= 15 is 0 Å². The van der Waals surface area contributed by atoms with Gasteiger partial charge in [0.2, 0.25) is 10.0 Å². The highest BCUT2D eigenvalue weighted by Crippen LogP contribution is 2.24. The van der Waals surface area contributed by atoms with Crippen LogP contribution in [0.1, 0.15) is 6.42 Å². The van der Waals surface area contributed by atoms with Crippen LogP contribution in [0.3, 0.4) is 0 Å². The molecule has 2 fully saturated rings. The molecule has 1 aromatic rings. The van der Waals surface area contributed by atoms with Gasteiger partial charge < -0.3 is 4.74 Å². The van der Waals surface area contributed by atoms with Gasteiger partial charge in [0, 0.05) is 32.6 Å². The van der Waals surface area contributed by atoms with Crippen molar-refractivity contribution in [3.8, 4) is 0 Å². The smallest absolute Gasteiger partial charge is 0.323 e. The topological polar surface area (TPSA) is 66.9 Å². The number of cyclic esters (lactones) is 1. The summed E-state index contributed by atoms with van der Waals surface area (Å²) in [5.74, 6) is -2.51. The number of sulfonamides is 1. The number of esters is 1. The molecule has 0 amide bonds. The summed E-state index contributed by atoms with van der Waals surface area (Å²) >= 11 is 0. The van der Waals surface area contributed by atoms with Gasteiger partial charge in [-0.3, -0.25) is 9.69 Å². The van der Waals surface area contributed by atoms with Gasteiger partial charge in [0.05, 0.1) is 6.61 Å². The number of carbonyl (C=O) groups excluding carboxylic acids is 1. The molecule has 0 aliphatic carbocycles. The van der Waals surface area contributed by atoms with Crippen molar-refractivity contribution in [1.29, 1.82) is 0 Å². The van der Waals surface area contributed by atoms with Crippen LogP contribution in [0.4, 0.5) is 8.78 Å². The quantitative estimate of drug-likeness (QED) is 0.750. The molecule has 0 saturated carbocycles. The lowest BCUT2D eigenvalue weighted by Gasteiger charge is -2.35. The van der Waals surface area contributed by atoms with Crippen molar-refractivity contribution in [3.63, 3.8) is 0 Å². The number of hydrogen-bond acceptors (Lipinski definition) is 5. The van der Waals surface area contributed by atoms with Crippen LogP contribution in [0.2, 0.25) is 0 Å². The maximum absolute atomic E-state index is 13.8. The van der Waals surface area contributed by atoms with E-state index in [1.165, 1.54) is 0 Å². The number of ether oxygens (including phenoxy) is 1. The summed E-state index contributed by atoms with van der Waals surface area (Å²) in [6.07, 6.45) is 0.577. The van der Waals surface area contributed by atoms with Crippen molar-refractivity contribution >= 4 is 16.0 Å². The number of piperazine rings is 1. The predicted molar refractivity (Wildman–Crippen MR) is 76.1 cm³/mol. The molecule has 2 saturated heterocycles. The molecule has 0 N–H and O–H groups in total. The summed E-state index contributed by atoms with van der Waals surface area (Å²) in [7, 11) is -4.24. The van der Waals surface area contributed by atoms with Crippen molar-refractivity contribution in [3.05, 3.63) is 29.8 Å². The van der Waals surface area contributed by atoms with E-state index in [-0.39, 0.29) is 25.1 Å². The van der Waals surface area contributed by atoms with E-state index in [4.69, 9.17) is 4.74 Å². The van der Waals surface area contributed by atoms with E-state index in [1.807, 2.05) is 4.90 Å². The van der Waals surface area contributed by atoms with Gasteiger partial charge in [0.25, 0.3) is 0 Å². The Morgan fingerprint density at radius 1 is 1.09 bits per heavy atom. The van der Waals surface area contributed by atoms with Crippen LogP contribution in [-0.4, -0.2) is 62.4 Å². The molecule has 0 unspecified atom stereocenters. The third kappa shape index (κ3) is 2.96. The third-order valence-corrected chi connectivity index (χ3v) is 6.09.